The van der Waals surface area contributed by atoms with E-state index in [4.69, 9.17) is 0 Å². The zero-order chi connectivity index (χ0) is 21.5. The Hall–Kier alpha value is -3.13. The second-order valence-electron chi connectivity index (χ2n) is 8.70. The van der Waals surface area contributed by atoms with E-state index in [1.54, 1.807) is 41.6 Å². The molecule has 0 aliphatic carbocycles. The molecule has 8 heteroatoms. The molecule has 2 fully saturated rings. The van der Waals surface area contributed by atoms with Crippen LogP contribution in [0.3, 0.4) is 0 Å². The maximum Gasteiger partial charge on any atom is 0.177 e. The van der Waals surface area contributed by atoms with Crippen LogP contribution in [0.4, 0.5) is 4.39 Å². The fraction of sp³-hybridized carbons (Fsp3) is 0.391. The van der Waals surface area contributed by atoms with Gasteiger partial charge in [0, 0.05) is 42.0 Å². The molecule has 0 saturated carbocycles. The third-order valence-electron chi connectivity index (χ3n) is 6.46. The van der Waals surface area contributed by atoms with E-state index in [-0.39, 0.29) is 17.7 Å². The molecule has 2 aliphatic heterocycles. The number of nitrogens with one attached hydrogen (secondary N) is 1. The number of aromatic nitrogens is 5. The van der Waals surface area contributed by atoms with Crippen molar-refractivity contribution in [1.82, 2.24) is 30.0 Å². The number of fused-ring (bicyclic) bond motifs is 2. The molecule has 5 atom stereocenters. The van der Waals surface area contributed by atoms with E-state index in [1.165, 1.54) is 0 Å². The molecule has 0 amide bonds. The van der Waals surface area contributed by atoms with Gasteiger partial charge < -0.3 is 15.0 Å². The van der Waals surface area contributed by atoms with Gasteiger partial charge in [-0.05, 0) is 42.9 Å². The van der Waals surface area contributed by atoms with Crippen LogP contribution in [0.2, 0.25) is 0 Å². The van der Waals surface area contributed by atoms with Crippen molar-refractivity contribution in [2.45, 2.75) is 44.4 Å². The van der Waals surface area contributed by atoms with Crippen LogP contribution in [0.5, 0.6) is 5.75 Å². The summed E-state index contributed by atoms with van der Waals surface area (Å²) in [7, 11) is 0. The first-order chi connectivity index (χ1) is 15.0. The number of alkyl halides is 1. The van der Waals surface area contributed by atoms with E-state index in [1.807, 2.05) is 6.07 Å². The fourth-order valence-corrected chi connectivity index (χ4v) is 4.91. The normalized spacial score (nSPS) is 27.7. The number of piperidine rings is 2. The number of aromatic hydroxyl groups is 1. The summed E-state index contributed by atoms with van der Waals surface area (Å²) in [6.07, 6.45) is 8.26. The molecule has 2 N–H and O–H groups in total. The first-order valence-electron chi connectivity index (χ1n) is 10.6. The highest BCUT2D eigenvalue weighted by Crippen LogP contribution is 2.40. The molecule has 3 aromatic rings. The van der Waals surface area contributed by atoms with Crippen molar-refractivity contribution in [2.75, 3.05) is 0 Å². The van der Waals surface area contributed by atoms with Crippen LogP contribution >= 0.6 is 0 Å². The molecule has 160 valence electrons. The number of hydrogen-bond donors (Lipinski definition) is 2. The first kappa shape index (κ1) is 19.8. The standard InChI is InChI=1S/C23H25FN6O/c1-13-7-15-9-18(22(24)19(8-13)27-15)14(2)23-26-11-20(28-29-23)17-4-3-16(10-21(17)31)30-6-5-25-12-30/h3-6,10-13,15,18-19,22,27,31H,2,7-9H2,1H3/t13?,15-,18+,19+,22+/m0/s1. The van der Waals surface area contributed by atoms with Gasteiger partial charge in [-0.25, -0.2) is 14.4 Å². The van der Waals surface area contributed by atoms with Crippen molar-refractivity contribution in [3.63, 3.8) is 0 Å². The summed E-state index contributed by atoms with van der Waals surface area (Å²) in [6, 6.07) is 5.42. The van der Waals surface area contributed by atoms with Gasteiger partial charge in [0.15, 0.2) is 5.82 Å². The average molecular weight is 420 g/mol. The van der Waals surface area contributed by atoms with E-state index in [0.29, 0.717) is 41.0 Å². The van der Waals surface area contributed by atoms with E-state index >= 15 is 4.39 Å². The predicted octanol–water partition coefficient (Wildman–Crippen LogP) is 3.56. The van der Waals surface area contributed by atoms with Gasteiger partial charge in [0.1, 0.15) is 17.6 Å². The number of hydrogen-bond acceptors (Lipinski definition) is 6. The molecule has 1 aromatic carbocycles. The summed E-state index contributed by atoms with van der Waals surface area (Å²) in [5.41, 5.74) is 2.34. The Labute approximate surface area is 180 Å². The number of allylic oxidation sites excluding steroid dienone is 1. The summed E-state index contributed by atoms with van der Waals surface area (Å²) >= 11 is 0. The monoisotopic (exact) mass is 420 g/mol. The van der Waals surface area contributed by atoms with Crippen LogP contribution < -0.4 is 5.32 Å². The Bertz CT molecular complexity index is 1080. The second-order valence-corrected chi connectivity index (χ2v) is 8.70. The topological polar surface area (TPSA) is 88.8 Å². The Morgan fingerprint density at radius 1 is 1.26 bits per heavy atom. The zero-order valence-electron chi connectivity index (χ0n) is 17.3. The third-order valence-corrected chi connectivity index (χ3v) is 6.46. The van der Waals surface area contributed by atoms with E-state index in [0.717, 1.165) is 18.5 Å². The van der Waals surface area contributed by atoms with Gasteiger partial charge in [-0.1, -0.05) is 13.5 Å². The average Bonchev–Trinajstić information content (AvgIpc) is 3.31. The lowest BCUT2D eigenvalue weighted by molar-refractivity contribution is 0.0771. The van der Waals surface area contributed by atoms with Crippen LogP contribution in [-0.4, -0.2) is 48.1 Å². The fourth-order valence-electron chi connectivity index (χ4n) is 4.91. The molecular weight excluding hydrogens is 395 g/mol. The first-order valence-corrected chi connectivity index (χ1v) is 10.6. The van der Waals surface area contributed by atoms with Crippen LogP contribution in [0.15, 0.2) is 49.7 Å². The SMILES string of the molecule is C=C(c1ncc(-c2ccc(-n3ccnc3)cc2O)nn1)[C@H]1C[C@@H]2CC(C)C[C@@H](N2)[C@@H]1F. The van der Waals surface area contributed by atoms with Crippen LogP contribution in [0.25, 0.3) is 22.5 Å². The summed E-state index contributed by atoms with van der Waals surface area (Å²) in [6.45, 7) is 6.30. The van der Waals surface area contributed by atoms with Gasteiger partial charge >= 0.3 is 0 Å². The second kappa shape index (κ2) is 7.85. The van der Waals surface area contributed by atoms with Crippen molar-refractivity contribution < 1.29 is 9.50 Å². The predicted molar refractivity (Wildman–Crippen MR) is 115 cm³/mol. The van der Waals surface area contributed by atoms with Crippen molar-refractivity contribution in [3.05, 3.63) is 55.5 Å². The Kier molecular flexibility index (Phi) is 5.02. The minimum absolute atomic E-state index is 0.0676. The molecule has 1 unspecified atom stereocenters. The number of phenols is 1. The lowest BCUT2D eigenvalue weighted by atomic mass is 9.73. The van der Waals surface area contributed by atoms with Gasteiger partial charge in [0.05, 0.1) is 18.2 Å². The highest BCUT2D eigenvalue weighted by molar-refractivity contribution is 5.68. The molecule has 4 heterocycles. The van der Waals surface area contributed by atoms with Crippen molar-refractivity contribution in [1.29, 1.82) is 0 Å². The van der Waals surface area contributed by atoms with Crippen LogP contribution in [0, 0.1) is 11.8 Å². The molecule has 0 radical (unpaired) electrons. The lowest BCUT2D eigenvalue weighted by Crippen LogP contribution is -2.57. The van der Waals surface area contributed by atoms with Gasteiger partial charge in [-0.15, -0.1) is 10.2 Å². The highest BCUT2D eigenvalue weighted by atomic mass is 19.1. The number of imidazole rings is 1. The Morgan fingerprint density at radius 3 is 2.84 bits per heavy atom. The lowest BCUT2D eigenvalue weighted by Gasteiger charge is -2.45. The summed E-state index contributed by atoms with van der Waals surface area (Å²) in [5.74, 6) is 0.657. The summed E-state index contributed by atoms with van der Waals surface area (Å²) < 4.78 is 16.9. The van der Waals surface area contributed by atoms with Crippen molar-refractivity contribution >= 4 is 5.57 Å². The van der Waals surface area contributed by atoms with Crippen LogP contribution in [0.1, 0.15) is 32.0 Å². The molecule has 7 nitrogen and oxygen atoms in total. The molecule has 0 spiro atoms. The van der Waals surface area contributed by atoms with Gasteiger partial charge in [-0.3, -0.25) is 0 Å². The Balaban J connectivity index is 1.35. The summed E-state index contributed by atoms with van der Waals surface area (Å²) in [5, 5.41) is 22.3. The Morgan fingerprint density at radius 2 is 2.13 bits per heavy atom. The van der Waals surface area contributed by atoms with Gasteiger partial charge in [-0.2, -0.15) is 0 Å². The van der Waals surface area contributed by atoms with Crippen molar-refractivity contribution in [3.8, 4) is 22.7 Å². The van der Waals surface area contributed by atoms with E-state index < -0.39 is 6.17 Å². The largest absolute Gasteiger partial charge is 0.507 e. The number of rotatable bonds is 4. The van der Waals surface area contributed by atoms with E-state index in [2.05, 4.69) is 39.0 Å². The number of halogens is 1. The summed E-state index contributed by atoms with van der Waals surface area (Å²) in [4.78, 5) is 8.41. The maximum atomic E-state index is 15.1. The van der Waals surface area contributed by atoms with Crippen LogP contribution in [-0.2, 0) is 0 Å². The highest BCUT2D eigenvalue weighted by Gasteiger charge is 2.43. The third kappa shape index (κ3) is 3.72. The van der Waals surface area contributed by atoms with Crippen molar-refractivity contribution in [2.24, 2.45) is 11.8 Å². The smallest absolute Gasteiger partial charge is 0.177 e. The molecule has 2 bridgehead atoms. The minimum atomic E-state index is -1.01. The molecule has 2 aromatic heterocycles. The molecule has 31 heavy (non-hydrogen) atoms. The van der Waals surface area contributed by atoms with Gasteiger partial charge in [0.2, 0.25) is 0 Å². The molecular formula is C23H25FN6O. The maximum absolute atomic E-state index is 15.1. The molecule has 2 saturated heterocycles. The quantitative estimate of drug-likeness (QED) is 0.671. The minimum Gasteiger partial charge on any atom is -0.507 e. The number of phenolic OH excluding ortho intramolecular Hbond substituents is 1. The van der Waals surface area contributed by atoms with Gasteiger partial charge in [0.25, 0.3) is 0 Å². The zero-order valence-corrected chi connectivity index (χ0v) is 17.3. The molecule has 5 rings (SSSR count). The number of benzene rings is 1. The van der Waals surface area contributed by atoms with E-state index in [9.17, 15) is 5.11 Å². The molecule has 2 aliphatic rings. The number of nitrogens with zero attached hydrogens (tertiary/aromatic N) is 5.